The highest BCUT2D eigenvalue weighted by Gasteiger charge is 2.29. The normalized spacial score (nSPS) is 12.9. The number of carbonyl (C=O) groups is 5. The number of esters is 1. The summed E-state index contributed by atoms with van der Waals surface area (Å²) < 4.78 is 5.35. The standard InChI is InChI=1S/C38H51N3O6/c1-8-10-12-20-31(43)23-24-35(38(46)47-26(3)4)41-37(45)34(22-14-11-13-18-27(5)29(7)42)40-36(44)33(39)25-30(17-9-2)32-21-16-15-19-28(32)6/h8-10,15-17,19-21,26,33-35H,1-2,5,11,13-14,18,22-25,39H2,3-4,6-7H3,(H,40,44)(H,41,45)/b30-17-/t12?,33-,34-,35-/m0/s1. The maximum Gasteiger partial charge on any atom is 0.328 e. The first-order chi connectivity index (χ1) is 22.3. The van der Waals surface area contributed by atoms with Gasteiger partial charge in [0.15, 0.2) is 11.6 Å². The first-order valence-electron chi connectivity index (χ1n) is 16.0. The summed E-state index contributed by atoms with van der Waals surface area (Å²) in [5, 5.41) is 5.48. The molecule has 1 aromatic carbocycles. The van der Waals surface area contributed by atoms with Crippen LogP contribution in [0.1, 0.15) is 83.3 Å². The van der Waals surface area contributed by atoms with Crippen molar-refractivity contribution in [3.8, 4) is 0 Å². The van der Waals surface area contributed by atoms with E-state index in [4.69, 9.17) is 10.5 Å². The average Bonchev–Trinajstić information content (AvgIpc) is 3.01. The maximum atomic E-state index is 13.6. The van der Waals surface area contributed by atoms with E-state index in [-0.39, 0.29) is 37.2 Å². The van der Waals surface area contributed by atoms with E-state index in [1.807, 2.05) is 37.3 Å². The van der Waals surface area contributed by atoms with E-state index < -0.39 is 42.0 Å². The molecule has 0 heterocycles. The number of ketones is 2. The van der Waals surface area contributed by atoms with Crippen molar-refractivity contribution in [2.24, 2.45) is 5.73 Å². The largest absolute Gasteiger partial charge is 0.461 e. The third kappa shape index (κ3) is 16.0. The van der Waals surface area contributed by atoms with Crippen LogP contribution in [0.3, 0.4) is 0 Å². The summed E-state index contributed by atoms with van der Waals surface area (Å²) >= 11 is 0. The number of Topliss-reactive ketones (excluding diaryl/α,β-unsaturated/α-hetero) is 1. The van der Waals surface area contributed by atoms with Gasteiger partial charge in [-0.2, -0.15) is 0 Å². The van der Waals surface area contributed by atoms with Crippen LogP contribution < -0.4 is 16.4 Å². The second-order valence-electron chi connectivity index (χ2n) is 11.6. The van der Waals surface area contributed by atoms with Crippen molar-refractivity contribution < 1.29 is 28.7 Å². The molecule has 0 bridgehead atoms. The van der Waals surface area contributed by atoms with E-state index >= 15 is 0 Å². The minimum atomic E-state index is -1.12. The van der Waals surface area contributed by atoms with Gasteiger partial charge in [-0.05, 0) is 88.1 Å². The molecule has 0 aliphatic rings. The lowest BCUT2D eigenvalue weighted by atomic mass is 9.94. The molecule has 3 atom stereocenters. The third-order valence-corrected chi connectivity index (χ3v) is 7.28. The van der Waals surface area contributed by atoms with Crippen LogP contribution in [-0.2, 0) is 28.7 Å². The Morgan fingerprint density at radius 1 is 0.936 bits per heavy atom. The number of nitrogens with one attached hydrogen (secondary N) is 2. The molecule has 0 radical (unpaired) electrons. The number of amides is 2. The summed E-state index contributed by atoms with van der Waals surface area (Å²) in [7, 11) is 0. The van der Waals surface area contributed by atoms with Crippen molar-refractivity contribution in [2.75, 3.05) is 0 Å². The van der Waals surface area contributed by atoms with Crippen LogP contribution in [0, 0.1) is 6.92 Å². The van der Waals surface area contributed by atoms with Gasteiger partial charge in [-0.25, -0.2) is 4.79 Å². The van der Waals surface area contributed by atoms with Crippen LogP contribution in [0.5, 0.6) is 0 Å². The molecule has 0 spiro atoms. The summed E-state index contributed by atoms with van der Waals surface area (Å²) in [5.41, 5.74) is 12.4. The number of unbranched alkanes of at least 4 members (excludes halogenated alkanes) is 2. The lowest BCUT2D eigenvalue weighted by Crippen LogP contribution is -2.54. The molecular formula is C38H51N3O6. The Balaban J connectivity index is 3.16. The van der Waals surface area contributed by atoms with Gasteiger partial charge in [0.1, 0.15) is 12.1 Å². The number of hydrogen-bond acceptors (Lipinski definition) is 7. The predicted molar refractivity (Wildman–Crippen MR) is 187 cm³/mol. The number of carbonyl (C=O) groups excluding carboxylic acids is 5. The minimum absolute atomic E-state index is 0.0120. The van der Waals surface area contributed by atoms with E-state index in [0.29, 0.717) is 31.3 Å². The van der Waals surface area contributed by atoms with E-state index in [2.05, 4.69) is 36.1 Å². The highest BCUT2D eigenvalue weighted by molar-refractivity contribution is 5.94. The van der Waals surface area contributed by atoms with Gasteiger partial charge in [-0.1, -0.05) is 75.1 Å². The zero-order chi connectivity index (χ0) is 35.4. The monoisotopic (exact) mass is 645 g/mol. The molecule has 9 nitrogen and oxygen atoms in total. The number of allylic oxidation sites excluding steroid dienone is 5. The Bertz CT molecular complexity index is 1380. The maximum absolute atomic E-state index is 13.6. The SMILES string of the molecule is C=CC=C=CC(=O)CC[C@H](NC(=O)[C@H](CCCCCC(=C)C(C)=O)NC(=O)[C@@H](N)C/C(=C/C=C)c1ccccc1C)C(=O)OC(C)C. The molecule has 0 saturated heterocycles. The van der Waals surface area contributed by atoms with Crippen molar-refractivity contribution in [3.05, 3.63) is 96.8 Å². The van der Waals surface area contributed by atoms with Crippen LogP contribution in [0.2, 0.25) is 0 Å². The number of benzene rings is 1. The number of hydrogen-bond donors (Lipinski definition) is 3. The van der Waals surface area contributed by atoms with Crippen LogP contribution >= 0.6 is 0 Å². The first-order valence-corrected chi connectivity index (χ1v) is 16.0. The summed E-state index contributed by atoms with van der Waals surface area (Å²) in [6.45, 7) is 17.9. The van der Waals surface area contributed by atoms with Crippen LogP contribution in [0.15, 0.2) is 85.7 Å². The molecular weight excluding hydrogens is 594 g/mol. The molecule has 0 fully saturated rings. The summed E-state index contributed by atoms with van der Waals surface area (Å²) in [6.07, 6.45) is 10.0. The molecule has 9 heteroatoms. The Kier molecular flexibility index (Phi) is 18.9. The van der Waals surface area contributed by atoms with Gasteiger partial charge in [0.25, 0.3) is 0 Å². The molecule has 0 aliphatic heterocycles. The average molecular weight is 646 g/mol. The summed E-state index contributed by atoms with van der Waals surface area (Å²) in [6, 6.07) is 4.61. The van der Waals surface area contributed by atoms with Crippen LogP contribution in [0.4, 0.5) is 0 Å². The molecule has 1 rings (SSSR count). The lowest BCUT2D eigenvalue weighted by molar-refractivity contribution is -0.152. The number of aryl methyl sites for hydroxylation is 1. The van der Waals surface area contributed by atoms with Gasteiger partial charge < -0.3 is 21.1 Å². The van der Waals surface area contributed by atoms with Crippen molar-refractivity contribution in [2.45, 2.75) is 103 Å². The van der Waals surface area contributed by atoms with E-state index in [1.54, 1.807) is 19.9 Å². The lowest BCUT2D eigenvalue weighted by Gasteiger charge is -2.24. The van der Waals surface area contributed by atoms with Gasteiger partial charge in [-0.3, -0.25) is 19.2 Å². The summed E-state index contributed by atoms with van der Waals surface area (Å²) in [4.78, 5) is 63.8. The minimum Gasteiger partial charge on any atom is -0.461 e. The predicted octanol–water partition coefficient (Wildman–Crippen LogP) is 5.55. The number of rotatable bonds is 22. The molecule has 254 valence electrons. The fourth-order valence-corrected chi connectivity index (χ4v) is 4.66. The highest BCUT2D eigenvalue weighted by Crippen LogP contribution is 2.23. The molecule has 0 unspecified atom stereocenters. The van der Waals surface area contributed by atoms with Gasteiger partial charge >= 0.3 is 5.97 Å². The third-order valence-electron chi connectivity index (χ3n) is 7.28. The fourth-order valence-electron chi connectivity index (χ4n) is 4.66. The first kappa shape index (κ1) is 40.4. The van der Waals surface area contributed by atoms with Gasteiger partial charge in [0.05, 0.1) is 12.1 Å². The molecule has 0 aromatic heterocycles. The fraction of sp³-hybridized carbons (Fsp3) is 0.421. The van der Waals surface area contributed by atoms with E-state index in [9.17, 15) is 24.0 Å². The topological polar surface area (TPSA) is 145 Å². The molecule has 1 aromatic rings. The Morgan fingerprint density at radius 3 is 2.23 bits per heavy atom. The zero-order valence-corrected chi connectivity index (χ0v) is 28.3. The Morgan fingerprint density at radius 2 is 1.62 bits per heavy atom. The van der Waals surface area contributed by atoms with Crippen LogP contribution in [0.25, 0.3) is 5.57 Å². The quantitative estimate of drug-likeness (QED) is 0.0493. The van der Waals surface area contributed by atoms with Crippen LogP contribution in [-0.4, -0.2) is 53.6 Å². The van der Waals surface area contributed by atoms with Gasteiger partial charge in [-0.15, -0.1) is 5.73 Å². The molecule has 4 N–H and O–H groups in total. The second kappa shape index (κ2) is 22.0. The molecule has 2 amide bonds. The van der Waals surface area contributed by atoms with Gasteiger partial charge in [0, 0.05) is 12.5 Å². The number of ether oxygens (including phenoxy) is 1. The molecule has 0 aliphatic carbocycles. The summed E-state index contributed by atoms with van der Waals surface area (Å²) in [5.74, 6) is -2.17. The highest BCUT2D eigenvalue weighted by atomic mass is 16.5. The van der Waals surface area contributed by atoms with Crippen molar-refractivity contribution >= 4 is 34.9 Å². The second-order valence-corrected chi connectivity index (χ2v) is 11.6. The van der Waals surface area contributed by atoms with E-state index in [0.717, 1.165) is 16.7 Å². The smallest absolute Gasteiger partial charge is 0.328 e. The number of nitrogens with two attached hydrogens (primary N) is 1. The van der Waals surface area contributed by atoms with Crippen molar-refractivity contribution in [1.82, 2.24) is 10.6 Å². The van der Waals surface area contributed by atoms with Crippen molar-refractivity contribution in [1.29, 1.82) is 0 Å². The van der Waals surface area contributed by atoms with E-state index in [1.165, 1.54) is 25.2 Å². The zero-order valence-electron chi connectivity index (χ0n) is 28.3. The molecule has 0 saturated carbocycles. The Labute approximate surface area is 279 Å². The molecule has 47 heavy (non-hydrogen) atoms. The Hall–Kier alpha value is -4.59. The van der Waals surface area contributed by atoms with Crippen molar-refractivity contribution in [3.63, 3.8) is 0 Å². The van der Waals surface area contributed by atoms with Gasteiger partial charge in [0.2, 0.25) is 11.8 Å².